The summed E-state index contributed by atoms with van der Waals surface area (Å²) in [6.45, 7) is 0. The van der Waals surface area contributed by atoms with Crippen molar-refractivity contribution in [1.29, 1.82) is 0 Å². The molecule has 0 unspecified atom stereocenters. The third kappa shape index (κ3) is 1.40. The maximum absolute atomic E-state index is 8.05. The summed E-state index contributed by atoms with van der Waals surface area (Å²) < 4.78 is 4.33. The number of anilines is 1. The molecule has 0 bridgehead atoms. The van der Waals surface area contributed by atoms with Crippen molar-refractivity contribution in [2.24, 2.45) is 0 Å². The Morgan fingerprint density at radius 1 is 1.75 bits per heavy atom. The first-order valence-electron chi connectivity index (χ1n) is 1.74. The molecule has 0 atom stereocenters. The first kappa shape index (κ1) is 7.26. The van der Waals surface area contributed by atoms with Crippen LogP contribution in [0.5, 0.6) is 0 Å². The van der Waals surface area contributed by atoms with Gasteiger partial charge in [-0.2, -0.15) is 0 Å². The number of nitrogens with zero attached hydrogens (tertiary/aromatic N) is 1. The van der Waals surface area contributed by atoms with Crippen molar-refractivity contribution in [1.82, 2.24) is 5.16 Å². The van der Waals surface area contributed by atoms with Gasteiger partial charge in [-0.15, -0.1) is 12.4 Å². The zero-order valence-electron chi connectivity index (χ0n) is 3.87. The molecule has 0 saturated carbocycles. The summed E-state index contributed by atoms with van der Waals surface area (Å²) in [6, 6.07) is 1.50. The molecule has 2 N–H and O–H groups in total. The largest absolute Gasteiger partial charge is 0.363 e. The lowest BCUT2D eigenvalue weighted by Crippen LogP contribution is -1.86. The molecule has 0 spiro atoms. The number of hydrogen-bond donors (Lipinski definition) is 2. The number of halogens is 1. The van der Waals surface area contributed by atoms with E-state index in [0.717, 1.165) is 0 Å². The van der Waals surface area contributed by atoms with Crippen LogP contribution in [-0.4, -0.2) is 10.4 Å². The molecule has 1 aromatic rings. The van der Waals surface area contributed by atoms with Gasteiger partial charge in [0, 0.05) is 6.07 Å². The van der Waals surface area contributed by atoms with Crippen LogP contribution in [0.2, 0.25) is 0 Å². The van der Waals surface area contributed by atoms with Crippen LogP contribution in [0.3, 0.4) is 0 Å². The van der Waals surface area contributed by atoms with Crippen LogP contribution in [-0.2, 0) is 0 Å². The average Bonchev–Trinajstić information content (AvgIpc) is 2.14. The second-order valence-electron chi connectivity index (χ2n) is 0.996. The normalized spacial score (nSPS) is 7.62. The minimum atomic E-state index is 0. The number of hydrogen-bond acceptors (Lipinski definition) is 4. The van der Waals surface area contributed by atoms with E-state index in [1.165, 1.54) is 12.3 Å². The molecule has 0 aliphatic rings. The van der Waals surface area contributed by atoms with Crippen LogP contribution >= 0.6 is 12.4 Å². The fourth-order valence-electron chi connectivity index (χ4n) is 0.270. The van der Waals surface area contributed by atoms with Crippen LogP contribution in [0.15, 0.2) is 16.9 Å². The van der Waals surface area contributed by atoms with Gasteiger partial charge < -0.3 is 4.52 Å². The van der Waals surface area contributed by atoms with E-state index < -0.39 is 0 Å². The summed E-state index contributed by atoms with van der Waals surface area (Å²) in [4.78, 5) is 0. The maximum Gasteiger partial charge on any atom is 0.192 e. The Morgan fingerprint density at radius 2 is 2.50 bits per heavy atom. The van der Waals surface area contributed by atoms with Crippen molar-refractivity contribution in [3.05, 3.63) is 12.3 Å². The first-order chi connectivity index (χ1) is 3.43. The Morgan fingerprint density at radius 3 is 2.75 bits per heavy atom. The highest BCUT2D eigenvalue weighted by atomic mass is 35.5. The number of nitrogens with one attached hydrogen (secondary N) is 1. The lowest BCUT2D eigenvalue weighted by Gasteiger charge is -1.81. The molecule has 0 amide bonds. The van der Waals surface area contributed by atoms with E-state index in [1.807, 2.05) is 0 Å². The van der Waals surface area contributed by atoms with Crippen molar-refractivity contribution in [3.8, 4) is 0 Å². The fraction of sp³-hybridized carbons (Fsp3) is 0. The molecular formula is C3H5ClN2O2. The molecule has 1 aromatic heterocycles. The highest BCUT2D eigenvalue weighted by Gasteiger charge is 1.85. The summed E-state index contributed by atoms with van der Waals surface area (Å²) in [6.07, 6.45) is 1.36. The summed E-state index contributed by atoms with van der Waals surface area (Å²) in [7, 11) is 0. The third-order valence-electron chi connectivity index (χ3n) is 0.552. The zero-order chi connectivity index (χ0) is 5.11. The Bertz CT molecular complexity index is 130. The second kappa shape index (κ2) is 3.29. The van der Waals surface area contributed by atoms with Crippen molar-refractivity contribution >= 4 is 18.2 Å². The summed E-state index contributed by atoms with van der Waals surface area (Å²) in [5, 5.41) is 11.4. The highest BCUT2D eigenvalue weighted by molar-refractivity contribution is 5.85. The number of rotatable bonds is 1. The molecular weight excluding hydrogens is 131 g/mol. The Hall–Kier alpha value is -0.740. The van der Waals surface area contributed by atoms with Gasteiger partial charge in [0.25, 0.3) is 0 Å². The van der Waals surface area contributed by atoms with Gasteiger partial charge >= 0.3 is 0 Å². The molecule has 8 heavy (non-hydrogen) atoms. The minimum absolute atomic E-state index is 0. The second-order valence-corrected chi connectivity index (χ2v) is 0.996. The summed E-state index contributed by atoms with van der Waals surface area (Å²) in [5.41, 5.74) is 1.80. The van der Waals surface area contributed by atoms with E-state index in [2.05, 4.69) is 9.68 Å². The Kier molecular flexibility index (Phi) is 2.98. The molecule has 0 aliphatic carbocycles. The van der Waals surface area contributed by atoms with E-state index in [1.54, 1.807) is 5.48 Å². The van der Waals surface area contributed by atoms with Crippen molar-refractivity contribution < 1.29 is 9.73 Å². The molecule has 46 valence electrons. The van der Waals surface area contributed by atoms with Gasteiger partial charge in [-0.05, 0) is 0 Å². The standard InChI is InChI=1S/C3H4N2O2.ClH/c6-4-3-1-2-7-5-3;/h1-2,6H,(H,4,5);1H. The molecule has 0 radical (unpaired) electrons. The van der Waals surface area contributed by atoms with Gasteiger partial charge in [0.15, 0.2) is 5.82 Å². The molecule has 0 aliphatic heterocycles. The van der Waals surface area contributed by atoms with Crippen LogP contribution in [0.4, 0.5) is 5.82 Å². The molecule has 4 nitrogen and oxygen atoms in total. The van der Waals surface area contributed by atoms with Gasteiger partial charge in [-0.1, -0.05) is 5.16 Å². The van der Waals surface area contributed by atoms with Crippen molar-refractivity contribution in [2.75, 3.05) is 5.48 Å². The SMILES string of the molecule is Cl.ONc1ccon1. The molecule has 5 heteroatoms. The topological polar surface area (TPSA) is 58.3 Å². The van der Waals surface area contributed by atoms with Gasteiger partial charge in [-0.25, -0.2) is 5.48 Å². The van der Waals surface area contributed by atoms with Crippen LogP contribution in [0, 0.1) is 0 Å². The van der Waals surface area contributed by atoms with Gasteiger partial charge in [0.2, 0.25) is 0 Å². The predicted molar refractivity (Wildman–Crippen MR) is 29.2 cm³/mol. The van der Waals surface area contributed by atoms with Gasteiger partial charge in [-0.3, -0.25) is 5.21 Å². The molecule has 1 heterocycles. The lowest BCUT2D eigenvalue weighted by molar-refractivity contribution is 0.368. The first-order valence-corrected chi connectivity index (χ1v) is 1.74. The van der Waals surface area contributed by atoms with Crippen molar-refractivity contribution in [2.45, 2.75) is 0 Å². The third-order valence-corrected chi connectivity index (χ3v) is 0.552. The quantitative estimate of drug-likeness (QED) is 0.563. The van der Waals surface area contributed by atoms with Gasteiger partial charge in [0.05, 0.1) is 0 Å². The van der Waals surface area contributed by atoms with Crippen LogP contribution < -0.4 is 5.48 Å². The zero-order valence-corrected chi connectivity index (χ0v) is 4.68. The van der Waals surface area contributed by atoms with Crippen LogP contribution in [0.1, 0.15) is 0 Å². The van der Waals surface area contributed by atoms with E-state index >= 15 is 0 Å². The fourth-order valence-corrected chi connectivity index (χ4v) is 0.270. The molecule has 1 rings (SSSR count). The highest BCUT2D eigenvalue weighted by Crippen LogP contribution is 1.96. The smallest absolute Gasteiger partial charge is 0.192 e. The van der Waals surface area contributed by atoms with Gasteiger partial charge in [0.1, 0.15) is 6.26 Å². The van der Waals surface area contributed by atoms with E-state index in [4.69, 9.17) is 5.21 Å². The molecule has 0 aromatic carbocycles. The Labute approximate surface area is 51.8 Å². The number of aromatic nitrogens is 1. The summed E-state index contributed by atoms with van der Waals surface area (Å²) in [5.74, 6) is 0.319. The summed E-state index contributed by atoms with van der Waals surface area (Å²) >= 11 is 0. The van der Waals surface area contributed by atoms with Crippen LogP contribution in [0.25, 0.3) is 0 Å². The van der Waals surface area contributed by atoms with E-state index in [9.17, 15) is 0 Å². The van der Waals surface area contributed by atoms with E-state index in [0.29, 0.717) is 5.82 Å². The predicted octanol–water partition coefficient (Wildman–Crippen LogP) is 0.897. The van der Waals surface area contributed by atoms with Crippen molar-refractivity contribution in [3.63, 3.8) is 0 Å². The molecule has 0 saturated heterocycles. The Balaban J connectivity index is 0.000000490. The molecule has 0 fully saturated rings. The maximum atomic E-state index is 8.05. The van der Waals surface area contributed by atoms with E-state index in [-0.39, 0.29) is 12.4 Å². The minimum Gasteiger partial charge on any atom is -0.363 e. The lowest BCUT2D eigenvalue weighted by atomic mass is 10.7. The average molecular weight is 137 g/mol. The monoisotopic (exact) mass is 136 g/mol.